The molecule has 9 rings (SSSR count). The zero-order valence-corrected chi connectivity index (χ0v) is 24.6. The standard InChI is InChI=1S/C41H29N3/c1-41(2)34-19-11-9-17-31(34)39-36(41)32-18-10-12-20-35(32)44(39)40-42-37(27-15-7-4-8-16-27)33-24-22-29-25-28(26-13-5-3-6-14-26)21-23-30(29)38(33)43-40/h3-25H,1-2H3. The fraction of sp³-hybridized carbons (Fsp3) is 0.0732. The molecule has 0 fully saturated rings. The van der Waals surface area contributed by atoms with Gasteiger partial charge in [-0.05, 0) is 45.8 Å². The molecule has 1 aliphatic carbocycles. The predicted molar refractivity (Wildman–Crippen MR) is 182 cm³/mol. The Labute approximate surface area is 256 Å². The normalized spacial score (nSPS) is 13.4. The Morgan fingerprint density at radius 2 is 1.23 bits per heavy atom. The molecule has 0 aliphatic heterocycles. The number of hydrogen-bond donors (Lipinski definition) is 0. The van der Waals surface area contributed by atoms with Crippen molar-refractivity contribution in [3.05, 3.63) is 151 Å². The summed E-state index contributed by atoms with van der Waals surface area (Å²) in [5.41, 5.74) is 11.5. The van der Waals surface area contributed by atoms with E-state index in [-0.39, 0.29) is 5.41 Å². The average Bonchev–Trinajstić information content (AvgIpc) is 3.55. The van der Waals surface area contributed by atoms with Gasteiger partial charge in [0.2, 0.25) is 5.95 Å². The third kappa shape index (κ3) is 3.50. The molecule has 6 aromatic carbocycles. The highest BCUT2D eigenvalue weighted by molar-refractivity contribution is 6.10. The molecule has 208 valence electrons. The van der Waals surface area contributed by atoms with Gasteiger partial charge in [0.15, 0.2) is 0 Å². The minimum Gasteiger partial charge on any atom is -0.278 e. The summed E-state index contributed by atoms with van der Waals surface area (Å²) in [5.74, 6) is 0.695. The van der Waals surface area contributed by atoms with E-state index in [4.69, 9.17) is 9.97 Å². The predicted octanol–water partition coefficient (Wildman–Crippen LogP) is 10.4. The summed E-state index contributed by atoms with van der Waals surface area (Å²) in [4.78, 5) is 10.8. The highest BCUT2D eigenvalue weighted by Crippen LogP contribution is 2.53. The zero-order chi connectivity index (χ0) is 29.4. The van der Waals surface area contributed by atoms with E-state index in [1.165, 1.54) is 38.9 Å². The van der Waals surface area contributed by atoms with Crippen molar-refractivity contribution in [3.8, 4) is 39.6 Å². The van der Waals surface area contributed by atoms with Crippen molar-refractivity contribution in [2.24, 2.45) is 0 Å². The Balaban J connectivity index is 1.39. The summed E-state index contributed by atoms with van der Waals surface area (Å²) < 4.78 is 2.31. The van der Waals surface area contributed by atoms with Crippen molar-refractivity contribution in [1.82, 2.24) is 14.5 Å². The molecule has 0 radical (unpaired) electrons. The van der Waals surface area contributed by atoms with Crippen molar-refractivity contribution in [2.45, 2.75) is 19.3 Å². The van der Waals surface area contributed by atoms with Crippen LogP contribution in [-0.4, -0.2) is 14.5 Å². The average molecular weight is 564 g/mol. The molecule has 3 nitrogen and oxygen atoms in total. The molecule has 8 aromatic rings. The maximum atomic E-state index is 5.43. The highest BCUT2D eigenvalue weighted by atomic mass is 15.2. The largest absolute Gasteiger partial charge is 0.278 e. The van der Waals surface area contributed by atoms with Gasteiger partial charge in [0.25, 0.3) is 0 Å². The van der Waals surface area contributed by atoms with Crippen LogP contribution in [0, 0.1) is 0 Å². The summed E-state index contributed by atoms with van der Waals surface area (Å²) in [6.07, 6.45) is 0. The van der Waals surface area contributed by atoms with Crippen LogP contribution in [0.3, 0.4) is 0 Å². The van der Waals surface area contributed by atoms with Crippen LogP contribution in [0.25, 0.3) is 72.2 Å². The van der Waals surface area contributed by atoms with Crippen molar-refractivity contribution >= 4 is 32.6 Å². The van der Waals surface area contributed by atoms with Crippen LogP contribution < -0.4 is 0 Å². The van der Waals surface area contributed by atoms with E-state index in [2.05, 4.69) is 158 Å². The Kier molecular flexibility index (Phi) is 5.24. The minimum atomic E-state index is -0.142. The second kappa shape index (κ2) is 9.23. The number of para-hydroxylation sites is 1. The Hall–Kier alpha value is -5.54. The summed E-state index contributed by atoms with van der Waals surface area (Å²) in [6.45, 7) is 4.67. The summed E-state index contributed by atoms with van der Waals surface area (Å²) >= 11 is 0. The van der Waals surface area contributed by atoms with Gasteiger partial charge >= 0.3 is 0 Å². The number of benzene rings is 6. The molecule has 44 heavy (non-hydrogen) atoms. The summed E-state index contributed by atoms with van der Waals surface area (Å²) in [6, 6.07) is 49.7. The van der Waals surface area contributed by atoms with Gasteiger partial charge < -0.3 is 0 Å². The smallest absolute Gasteiger partial charge is 0.235 e. The lowest BCUT2D eigenvalue weighted by molar-refractivity contribution is 0.666. The fourth-order valence-electron chi connectivity index (χ4n) is 7.34. The van der Waals surface area contributed by atoms with Crippen LogP contribution in [-0.2, 0) is 5.41 Å². The maximum Gasteiger partial charge on any atom is 0.235 e. The first-order valence-corrected chi connectivity index (χ1v) is 15.2. The molecule has 0 unspecified atom stereocenters. The first-order valence-electron chi connectivity index (χ1n) is 15.2. The van der Waals surface area contributed by atoms with Crippen molar-refractivity contribution in [1.29, 1.82) is 0 Å². The van der Waals surface area contributed by atoms with Crippen LogP contribution in [0.15, 0.2) is 140 Å². The molecule has 0 spiro atoms. The molecular weight excluding hydrogens is 534 g/mol. The molecule has 0 saturated carbocycles. The number of hydrogen-bond acceptors (Lipinski definition) is 2. The number of rotatable bonds is 3. The third-order valence-corrected chi connectivity index (χ3v) is 9.38. The number of nitrogens with zero attached hydrogens (tertiary/aromatic N) is 3. The lowest BCUT2D eigenvalue weighted by Crippen LogP contribution is -2.14. The van der Waals surface area contributed by atoms with Crippen molar-refractivity contribution < 1.29 is 0 Å². The Bertz CT molecular complexity index is 2400. The van der Waals surface area contributed by atoms with E-state index in [0.29, 0.717) is 5.95 Å². The van der Waals surface area contributed by atoms with Crippen LogP contribution in [0.4, 0.5) is 0 Å². The maximum absolute atomic E-state index is 5.43. The first-order chi connectivity index (χ1) is 21.6. The topological polar surface area (TPSA) is 30.7 Å². The molecule has 2 aromatic heterocycles. The molecule has 0 saturated heterocycles. The quantitative estimate of drug-likeness (QED) is 0.200. The van der Waals surface area contributed by atoms with Crippen LogP contribution in [0.5, 0.6) is 0 Å². The van der Waals surface area contributed by atoms with Gasteiger partial charge in [0, 0.05) is 32.7 Å². The third-order valence-electron chi connectivity index (χ3n) is 9.38. The molecular formula is C41H29N3. The Morgan fingerprint density at radius 3 is 2.05 bits per heavy atom. The van der Waals surface area contributed by atoms with E-state index >= 15 is 0 Å². The van der Waals surface area contributed by atoms with Crippen LogP contribution in [0.2, 0.25) is 0 Å². The van der Waals surface area contributed by atoms with E-state index in [9.17, 15) is 0 Å². The SMILES string of the molecule is CC1(C)c2ccccc2-c2c1c1ccccc1n2-c1nc(-c2ccccc2)c2ccc3cc(-c4ccccc4)ccc3c2n1. The van der Waals surface area contributed by atoms with Crippen LogP contribution >= 0.6 is 0 Å². The fourth-order valence-corrected chi connectivity index (χ4v) is 7.34. The minimum absolute atomic E-state index is 0.142. The van der Waals surface area contributed by atoms with E-state index < -0.39 is 0 Å². The van der Waals surface area contributed by atoms with Gasteiger partial charge in [-0.1, -0.05) is 135 Å². The van der Waals surface area contributed by atoms with Gasteiger partial charge in [0.1, 0.15) is 0 Å². The second-order valence-corrected chi connectivity index (χ2v) is 12.2. The molecule has 0 N–H and O–H groups in total. The van der Waals surface area contributed by atoms with Gasteiger partial charge in [-0.2, -0.15) is 0 Å². The van der Waals surface area contributed by atoms with Gasteiger partial charge in [-0.15, -0.1) is 0 Å². The zero-order valence-electron chi connectivity index (χ0n) is 24.6. The van der Waals surface area contributed by atoms with E-state index in [1.807, 2.05) is 0 Å². The van der Waals surface area contributed by atoms with E-state index in [1.54, 1.807) is 0 Å². The second-order valence-electron chi connectivity index (χ2n) is 12.2. The summed E-state index contributed by atoms with van der Waals surface area (Å²) in [7, 11) is 0. The number of aromatic nitrogens is 3. The first kappa shape index (κ1) is 25.0. The lowest BCUT2D eigenvalue weighted by atomic mass is 9.81. The molecule has 0 atom stereocenters. The van der Waals surface area contributed by atoms with Crippen LogP contribution in [0.1, 0.15) is 25.0 Å². The number of fused-ring (bicyclic) bond motifs is 8. The monoisotopic (exact) mass is 563 g/mol. The van der Waals surface area contributed by atoms with Crippen molar-refractivity contribution in [3.63, 3.8) is 0 Å². The molecule has 3 heteroatoms. The molecule has 0 amide bonds. The lowest BCUT2D eigenvalue weighted by Gasteiger charge is -2.21. The molecule has 2 heterocycles. The highest BCUT2D eigenvalue weighted by Gasteiger charge is 2.40. The van der Waals surface area contributed by atoms with E-state index in [0.717, 1.165) is 38.4 Å². The van der Waals surface area contributed by atoms with Gasteiger partial charge in [-0.25, -0.2) is 9.97 Å². The molecule has 0 bridgehead atoms. The van der Waals surface area contributed by atoms with Crippen molar-refractivity contribution in [2.75, 3.05) is 0 Å². The summed E-state index contributed by atoms with van der Waals surface area (Å²) in [5, 5.41) is 4.58. The van der Waals surface area contributed by atoms with Gasteiger partial charge in [0.05, 0.1) is 22.4 Å². The Morgan fingerprint density at radius 1 is 0.545 bits per heavy atom. The van der Waals surface area contributed by atoms with Gasteiger partial charge in [-0.3, -0.25) is 4.57 Å². The molecule has 1 aliphatic rings.